The second-order valence-corrected chi connectivity index (χ2v) is 4.12. The number of aliphatic hydroxyl groups excluding tert-OH is 2. The summed E-state index contributed by atoms with van der Waals surface area (Å²) in [4.78, 5) is 0. The molecule has 2 N–H and O–H groups in total. The third-order valence-corrected chi connectivity index (χ3v) is 1.84. The van der Waals surface area contributed by atoms with Gasteiger partial charge in [0.1, 0.15) is 0 Å². The minimum absolute atomic E-state index is 0.284. The smallest absolute Gasteiger partial charge is 0.0847 e. The van der Waals surface area contributed by atoms with E-state index in [1.165, 1.54) is 0 Å². The molecular weight excluding hydrogens is 152 g/mol. The standard InChI is InChI=1S/C10H18O2/c1-5-6-7-8(11)9(12)10(2,3)4/h1,8-9,11-12H,6-7H2,2-4H3. The van der Waals surface area contributed by atoms with E-state index in [-0.39, 0.29) is 5.41 Å². The summed E-state index contributed by atoms with van der Waals surface area (Å²) in [6, 6.07) is 0. The molecule has 0 amide bonds. The highest BCUT2D eigenvalue weighted by atomic mass is 16.3. The molecule has 0 bridgehead atoms. The molecule has 0 spiro atoms. The molecule has 0 aliphatic rings. The number of terminal acetylenes is 1. The zero-order valence-electron chi connectivity index (χ0n) is 8.04. The fourth-order valence-electron chi connectivity index (χ4n) is 0.966. The monoisotopic (exact) mass is 170 g/mol. The number of aliphatic hydroxyl groups is 2. The molecule has 2 nitrogen and oxygen atoms in total. The van der Waals surface area contributed by atoms with Crippen molar-refractivity contribution >= 4 is 0 Å². The van der Waals surface area contributed by atoms with Crippen molar-refractivity contribution in [2.24, 2.45) is 5.41 Å². The van der Waals surface area contributed by atoms with Crippen LogP contribution in [0, 0.1) is 17.8 Å². The Morgan fingerprint density at radius 2 is 1.83 bits per heavy atom. The quantitative estimate of drug-likeness (QED) is 0.624. The lowest BCUT2D eigenvalue weighted by Gasteiger charge is -2.29. The second-order valence-electron chi connectivity index (χ2n) is 4.12. The summed E-state index contributed by atoms with van der Waals surface area (Å²) in [5.74, 6) is 2.43. The lowest BCUT2D eigenvalue weighted by molar-refractivity contribution is -0.0465. The minimum Gasteiger partial charge on any atom is -0.390 e. The van der Waals surface area contributed by atoms with Crippen molar-refractivity contribution in [2.45, 2.75) is 45.8 Å². The molecule has 0 aliphatic heterocycles. The van der Waals surface area contributed by atoms with Crippen LogP contribution in [-0.2, 0) is 0 Å². The van der Waals surface area contributed by atoms with E-state index >= 15 is 0 Å². The van der Waals surface area contributed by atoms with Crippen LogP contribution >= 0.6 is 0 Å². The van der Waals surface area contributed by atoms with Gasteiger partial charge in [-0.3, -0.25) is 0 Å². The van der Waals surface area contributed by atoms with Crippen LogP contribution in [0.15, 0.2) is 0 Å². The molecule has 0 rings (SSSR count). The maximum Gasteiger partial charge on any atom is 0.0847 e. The third kappa shape index (κ3) is 3.75. The van der Waals surface area contributed by atoms with Crippen LogP contribution in [0.3, 0.4) is 0 Å². The SMILES string of the molecule is C#CCCC(O)C(O)C(C)(C)C. The predicted octanol–water partition coefficient (Wildman–Crippen LogP) is 1.17. The van der Waals surface area contributed by atoms with Crippen LogP contribution in [0.25, 0.3) is 0 Å². The van der Waals surface area contributed by atoms with Gasteiger partial charge < -0.3 is 10.2 Å². The second kappa shape index (κ2) is 4.49. The van der Waals surface area contributed by atoms with E-state index in [0.29, 0.717) is 12.8 Å². The van der Waals surface area contributed by atoms with Crippen LogP contribution in [0.5, 0.6) is 0 Å². The Balaban J connectivity index is 3.94. The average molecular weight is 170 g/mol. The summed E-state index contributed by atoms with van der Waals surface area (Å²) in [5.41, 5.74) is -0.284. The largest absolute Gasteiger partial charge is 0.390 e. The highest BCUT2D eigenvalue weighted by Gasteiger charge is 2.28. The summed E-state index contributed by atoms with van der Waals surface area (Å²) in [5, 5.41) is 19.0. The highest BCUT2D eigenvalue weighted by Crippen LogP contribution is 2.23. The first-order valence-corrected chi connectivity index (χ1v) is 4.19. The lowest BCUT2D eigenvalue weighted by Crippen LogP contribution is -2.37. The Morgan fingerprint density at radius 3 is 2.17 bits per heavy atom. The predicted molar refractivity (Wildman–Crippen MR) is 49.5 cm³/mol. The van der Waals surface area contributed by atoms with E-state index in [2.05, 4.69) is 5.92 Å². The molecule has 2 heteroatoms. The van der Waals surface area contributed by atoms with Gasteiger partial charge in [0.15, 0.2) is 0 Å². The van der Waals surface area contributed by atoms with Crippen LogP contribution in [-0.4, -0.2) is 22.4 Å². The van der Waals surface area contributed by atoms with Gasteiger partial charge in [-0.1, -0.05) is 20.8 Å². The Kier molecular flexibility index (Phi) is 4.30. The molecule has 0 aromatic heterocycles. The zero-order valence-corrected chi connectivity index (χ0v) is 8.04. The Labute approximate surface area is 74.6 Å². The van der Waals surface area contributed by atoms with Gasteiger partial charge in [0, 0.05) is 6.42 Å². The molecule has 2 unspecified atom stereocenters. The first-order chi connectivity index (χ1) is 5.39. The lowest BCUT2D eigenvalue weighted by atomic mass is 9.84. The van der Waals surface area contributed by atoms with Gasteiger partial charge in [-0.05, 0) is 11.8 Å². The Bertz CT molecular complexity index is 162. The maximum atomic E-state index is 9.56. The van der Waals surface area contributed by atoms with E-state index in [0.717, 1.165) is 0 Å². The van der Waals surface area contributed by atoms with Crippen molar-refractivity contribution in [3.8, 4) is 12.3 Å². The summed E-state index contributed by atoms with van der Waals surface area (Å²) in [6.45, 7) is 5.66. The molecule has 70 valence electrons. The first-order valence-electron chi connectivity index (χ1n) is 4.19. The van der Waals surface area contributed by atoms with Gasteiger partial charge >= 0.3 is 0 Å². The van der Waals surface area contributed by atoms with Crippen LogP contribution in [0.2, 0.25) is 0 Å². The summed E-state index contributed by atoms with van der Waals surface area (Å²) in [7, 11) is 0. The fraction of sp³-hybridized carbons (Fsp3) is 0.800. The molecule has 0 saturated heterocycles. The van der Waals surface area contributed by atoms with Gasteiger partial charge in [-0.15, -0.1) is 12.3 Å². The van der Waals surface area contributed by atoms with Crippen molar-refractivity contribution in [2.75, 3.05) is 0 Å². The van der Waals surface area contributed by atoms with Crippen molar-refractivity contribution in [1.82, 2.24) is 0 Å². The van der Waals surface area contributed by atoms with Gasteiger partial charge in [-0.25, -0.2) is 0 Å². The fourth-order valence-corrected chi connectivity index (χ4v) is 0.966. The summed E-state index contributed by atoms with van der Waals surface area (Å²) >= 11 is 0. The van der Waals surface area contributed by atoms with Gasteiger partial charge in [0.05, 0.1) is 12.2 Å². The summed E-state index contributed by atoms with van der Waals surface area (Å²) < 4.78 is 0. The van der Waals surface area contributed by atoms with Crippen LogP contribution in [0.1, 0.15) is 33.6 Å². The van der Waals surface area contributed by atoms with E-state index in [4.69, 9.17) is 6.42 Å². The number of rotatable bonds is 3. The molecular formula is C10H18O2. The van der Waals surface area contributed by atoms with E-state index < -0.39 is 12.2 Å². The molecule has 2 atom stereocenters. The van der Waals surface area contributed by atoms with E-state index in [9.17, 15) is 10.2 Å². The van der Waals surface area contributed by atoms with Crippen molar-refractivity contribution in [1.29, 1.82) is 0 Å². The van der Waals surface area contributed by atoms with E-state index in [1.807, 2.05) is 20.8 Å². The normalized spacial score (nSPS) is 16.7. The van der Waals surface area contributed by atoms with Crippen molar-refractivity contribution in [3.05, 3.63) is 0 Å². The molecule has 12 heavy (non-hydrogen) atoms. The number of hydrogen-bond donors (Lipinski definition) is 2. The molecule has 0 fully saturated rings. The molecule has 0 radical (unpaired) electrons. The average Bonchev–Trinajstić information content (AvgIpc) is 1.97. The molecule has 0 aliphatic carbocycles. The molecule has 0 aromatic rings. The molecule has 0 aromatic carbocycles. The highest BCUT2D eigenvalue weighted by molar-refractivity contribution is 4.87. The Morgan fingerprint density at radius 1 is 1.33 bits per heavy atom. The van der Waals surface area contributed by atoms with E-state index in [1.54, 1.807) is 0 Å². The number of hydrogen-bond acceptors (Lipinski definition) is 2. The summed E-state index contributed by atoms with van der Waals surface area (Å²) in [6.07, 6.45) is 4.61. The minimum atomic E-state index is -0.707. The van der Waals surface area contributed by atoms with Gasteiger partial charge in [-0.2, -0.15) is 0 Å². The van der Waals surface area contributed by atoms with Crippen molar-refractivity contribution < 1.29 is 10.2 Å². The molecule has 0 heterocycles. The van der Waals surface area contributed by atoms with Crippen LogP contribution in [0.4, 0.5) is 0 Å². The first kappa shape index (κ1) is 11.5. The maximum absolute atomic E-state index is 9.56. The van der Waals surface area contributed by atoms with Crippen molar-refractivity contribution in [3.63, 3.8) is 0 Å². The van der Waals surface area contributed by atoms with Crippen LogP contribution < -0.4 is 0 Å². The van der Waals surface area contributed by atoms with Gasteiger partial charge in [0.25, 0.3) is 0 Å². The molecule has 0 saturated carbocycles. The Hall–Kier alpha value is -0.520. The van der Waals surface area contributed by atoms with Gasteiger partial charge in [0.2, 0.25) is 0 Å². The zero-order chi connectivity index (χ0) is 9.78. The third-order valence-electron chi connectivity index (χ3n) is 1.84. The topological polar surface area (TPSA) is 40.5 Å².